The molecule has 3 aliphatic rings. The Morgan fingerprint density at radius 3 is 1.26 bits per heavy atom. The Bertz CT molecular complexity index is 1300. The number of likely N-dealkylation sites (tertiary alicyclic amines) is 2. The van der Waals surface area contributed by atoms with Crippen molar-refractivity contribution in [1.29, 1.82) is 0 Å². The molecule has 0 aromatic heterocycles. The van der Waals surface area contributed by atoms with E-state index in [1.807, 2.05) is 41.5 Å². The van der Waals surface area contributed by atoms with Crippen molar-refractivity contribution in [3.05, 3.63) is 0 Å². The molecule has 3 heterocycles. The van der Waals surface area contributed by atoms with Gasteiger partial charge in [0, 0.05) is 51.4 Å². The normalized spacial score (nSPS) is 18.1. The molecule has 0 saturated carbocycles. The lowest BCUT2D eigenvalue weighted by atomic mass is 10.0. The summed E-state index contributed by atoms with van der Waals surface area (Å²) in [6, 6.07) is 0.740. The lowest BCUT2D eigenvalue weighted by molar-refractivity contribution is -0.0567. The molecule has 0 spiro atoms. The zero-order chi connectivity index (χ0) is 47.4. The van der Waals surface area contributed by atoms with Crippen molar-refractivity contribution < 1.29 is 63.1 Å². The molecule has 368 valence electrons. The van der Waals surface area contributed by atoms with Gasteiger partial charge in [-0.1, -0.05) is 0 Å². The van der Waals surface area contributed by atoms with E-state index in [1.54, 1.807) is 27.7 Å². The fraction of sp³-hybridized carbons (Fsp3) is 0.949. The molecule has 0 atom stereocenters. The van der Waals surface area contributed by atoms with E-state index in [2.05, 4.69) is 29.9 Å². The summed E-state index contributed by atoms with van der Waals surface area (Å²) in [5.74, 6) is 0. The van der Waals surface area contributed by atoms with Gasteiger partial charge < -0.3 is 46.1 Å². The van der Waals surface area contributed by atoms with Gasteiger partial charge in [0.15, 0.2) is 0 Å². The van der Waals surface area contributed by atoms with E-state index in [4.69, 9.17) is 20.3 Å². The van der Waals surface area contributed by atoms with E-state index < -0.39 is 50.4 Å². The van der Waals surface area contributed by atoms with E-state index in [9.17, 15) is 44.3 Å². The zero-order valence-electron chi connectivity index (χ0n) is 38.7. The molecule has 3 aliphatic heterocycles. The number of nitrogens with one attached hydrogen (secondary N) is 3. The largest absolute Gasteiger partial charge is 0.523 e. The highest BCUT2D eigenvalue weighted by Gasteiger charge is 2.48. The van der Waals surface area contributed by atoms with Crippen molar-refractivity contribution in [1.82, 2.24) is 25.8 Å². The third-order valence-electron chi connectivity index (χ3n) is 8.04. The monoisotopic (exact) mass is 941 g/mol. The second kappa shape index (κ2) is 28.1. The molecular formula is C39H79ClF6N6O8S. The quantitative estimate of drug-likeness (QED) is 0.0930. The number of hydrogen-bond donors (Lipinski definition) is 5. The standard InChI is InChI=1S/C14H27FN2O2.C10H20N2O2.C9H19FN2.C5H8F4O3S.CH4O.ClH/c1-13(2,3)19-12(18)16-11-6-8-17(9-7-11)10-14(4,5)15;1-10(2,3)14-9(13)12-8-4-6-11-7-5-8;1-9(2,10)7-12-5-3-8(11)4-6-12;1-4(2,6)3-12-13(10,11)5(7,8)9;1-2;/h11H,6-10H2,1-5H3,(H,16,18);8,11H,4-7H2,1-3H3,(H,12,13);8H,3-7,11H2,1-2H3;3H2,1-2H3;2H,1H3;1H. The van der Waals surface area contributed by atoms with E-state index in [0.29, 0.717) is 19.1 Å². The predicted molar refractivity (Wildman–Crippen MR) is 230 cm³/mol. The maximum atomic E-state index is 13.5. The minimum atomic E-state index is -5.67. The van der Waals surface area contributed by atoms with Gasteiger partial charge in [0.05, 0.1) is 0 Å². The summed E-state index contributed by atoms with van der Waals surface area (Å²) in [6.45, 7) is 24.7. The zero-order valence-corrected chi connectivity index (χ0v) is 40.3. The first kappa shape index (κ1) is 63.4. The summed E-state index contributed by atoms with van der Waals surface area (Å²) in [4.78, 5) is 27.3. The fourth-order valence-electron chi connectivity index (χ4n) is 5.61. The number of nitrogens with zero attached hydrogens (tertiary/aromatic N) is 2. The van der Waals surface area contributed by atoms with Gasteiger partial charge in [-0.25, -0.2) is 22.8 Å². The first-order chi connectivity index (χ1) is 27.0. The molecule has 0 aliphatic carbocycles. The molecule has 3 saturated heterocycles. The molecule has 3 fully saturated rings. The number of halogens is 7. The number of piperidine rings is 3. The maximum absolute atomic E-state index is 13.5. The molecule has 22 heteroatoms. The number of hydrogen-bond acceptors (Lipinski definition) is 12. The molecule has 0 aromatic carbocycles. The van der Waals surface area contributed by atoms with Crippen molar-refractivity contribution in [2.75, 3.05) is 66.1 Å². The summed E-state index contributed by atoms with van der Waals surface area (Å²) in [5, 5.41) is 16.0. The van der Waals surface area contributed by atoms with Crippen LogP contribution in [0.25, 0.3) is 0 Å². The molecule has 2 amide bonds. The van der Waals surface area contributed by atoms with Crippen LogP contribution in [0.3, 0.4) is 0 Å². The van der Waals surface area contributed by atoms with Crippen LogP contribution in [0.1, 0.15) is 122 Å². The maximum Gasteiger partial charge on any atom is 0.523 e. The summed E-state index contributed by atoms with van der Waals surface area (Å²) >= 11 is 0. The highest BCUT2D eigenvalue weighted by Crippen LogP contribution is 2.26. The van der Waals surface area contributed by atoms with Crippen LogP contribution < -0.4 is 21.7 Å². The summed E-state index contributed by atoms with van der Waals surface area (Å²) in [6.07, 6.45) is 5.01. The smallest absolute Gasteiger partial charge is 0.444 e. The van der Waals surface area contributed by atoms with Crippen LogP contribution >= 0.6 is 12.4 Å². The van der Waals surface area contributed by atoms with Crippen LogP contribution in [0.5, 0.6) is 0 Å². The number of aliphatic hydroxyl groups excluding tert-OH is 1. The van der Waals surface area contributed by atoms with Gasteiger partial charge in [0.25, 0.3) is 0 Å². The third kappa shape index (κ3) is 37.2. The molecule has 0 unspecified atom stereocenters. The van der Waals surface area contributed by atoms with Gasteiger partial charge in [0.2, 0.25) is 0 Å². The van der Waals surface area contributed by atoms with Gasteiger partial charge in [-0.3, -0.25) is 4.18 Å². The minimum Gasteiger partial charge on any atom is -0.444 e. The highest BCUT2D eigenvalue weighted by molar-refractivity contribution is 7.87. The van der Waals surface area contributed by atoms with Crippen LogP contribution in [0.4, 0.5) is 35.9 Å². The van der Waals surface area contributed by atoms with Crippen LogP contribution in [-0.2, 0) is 23.8 Å². The second-order valence-corrected chi connectivity index (χ2v) is 20.4. The van der Waals surface area contributed by atoms with Gasteiger partial charge in [0.1, 0.15) is 34.8 Å². The predicted octanol–water partition coefficient (Wildman–Crippen LogP) is 6.78. The van der Waals surface area contributed by atoms with Crippen molar-refractivity contribution in [2.24, 2.45) is 5.73 Å². The number of amides is 2. The van der Waals surface area contributed by atoms with Crippen LogP contribution in [0, 0.1) is 0 Å². The average Bonchev–Trinajstić information content (AvgIpc) is 3.04. The van der Waals surface area contributed by atoms with Crippen molar-refractivity contribution in [2.45, 2.75) is 173 Å². The number of carbonyl (C=O) groups is 2. The first-order valence-corrected chi connectivity index (χ1v) is 21.7. The SMILES string of the molecule is CC(C)(C)OC(=O)NC1CCNCC1.CC(C)(F)CN1CCC(N)CC1.CC(C)(F)CN1CCC(NC(=O)OC(C)(C)C)CC1.CC(C)(F)COS(=O)(=O)C(F)(F)F.CO.Cl. The summed E-state index contributed by atoms with van der Waals surface area (Å²) in [7, 11) is -4.67. The lowest BCUT2D eigenvalue weighted by Gasteiger charge is -2.35. The molecule has 61 heavy (non-hydrogen) atoms. The first-order valence-electron chi connectivity index (χ1n) is 20.3. The van der Waals surface area contributed by atoms with Gasteiger partial charge in [-0.15, -0.1) is 12.4 Å². The highest BCUT2D eigenvalue weighted by atomic mass is 35.5. The Balaban J connectivity index is -0.000000732. The molecular weight excluding hydrogens is 862 g/mol. The molecule has 0 bridgehead atoms. The summed E-state index contributed by atoms with van der Waals surface area (Å²) in [5.41, 5.74) is -4.99. The molecule has 14 nitrogen and oxygen atoms in total. The van der Waals surface area contributed by atoms with Crippen molar-refractivity contribution >= 4 is 34.7 Å². The number of alkyl carbamates (subject to hydrolysis) is 2. The Kier molecular flexibility index (Phi) is 29.2. The lowest BCUT2D eigenvalue weighted by Crippen LogP contribution is -2.48. The number of carbonyl (C=O) groups excluding carboxylic acids is 2. The molecule has 0 aromatic rings. The van der Waals surface area contributed by atoms with Gasteiger partial charge in [-0.2, -0.15) is 21.6 Å². The topological polar surface area (TPSA) is 185 Å². The Morgan fingerprint density at radius 1 is 0.639 bits per heavy atom. The van der Waals surface area contributed by atoms with Crippen molar-refractivity contribution in [3.63, 3.8) is 0 Å². The Morgan fingerprint density at radius 2 is 0.967 bits per heavy atom. The van der Waals surface area contributed by atoms with Crippen molar-refractivity contribution in [3.8, 4) is 0 Å². The number of aliphatic hydroxyl groups is 1. The number of alkyl halides is 6. The molecule has 3 rings (SSSR count). The van der Waals surface area contributed by atoms with Gasteiger partial charge >= 0.3 is 27.8 Å². The van der Waals surface area contributed by atoms with Crippen LogP contribution in [0.2, 0.25) is 0 Å². The van der Waals surface area contributed by atoms with E-state index >= 15 is 0 Å². The summed E-state index contributed by atoms with van der Waals surface area (Å²) < 4.78 is 108. The number of rotatable bonds is 9. The minimum absolute atomic E-state index is 0. The van der Waals surface area contributed by atoms with E-state index in [1.165, 1.54) is 0 Å². The van der Waals surface area contributed by atoms with E-state index in [-0.39, 0.29) is 36.7 Å². The average molecular weight is 942 g/mol. The molecule has 0 radical (unpaired) electrons. The second-order valence-electron chi connectivity index (χ2n) is 18.8. The van der Waals surface area contributed by atoms with E-state index in [0.717, 1.165) is 98.8 Å². The number of ether oxygens (including phenoxy) is 2. The number of nitrogens with two attached hydrogens (primary N) is 1. The Labute approximate surface area is 368 Å². The Hall–Kier alpha value is -1.88. The molecule has 6 N–H and O–H groups in total. The fourth-order valence-corrected chi connectivity index (χ4v) is 6.18. The van der Waals surface area contributed by atoms with Gasteiger partial charge in [-0.05, 0) is 148 Å². The third-order valence-corrected chi connectivity index (χ3v) is 9.04. The van der Waals surface area contributed by atoms with Crippen LogP contribution in [0.15, 0.2) is 0 Å². The van der Waals surface area contributed by atoms with Crippen LogP contribution in [-0.4, -0.2) is 153 Å².